The van der Waals surface area contributed by atoms with Crippen molar-refractivity contribution < 1.29 is 0 Å². The molecule has 3 heteroatoms. The summed E-state index contributed by atoms with van der Waals surface area (Å²) in [4.78, 5) is 0. The Labute approximate surface area is 81.4 Å². The average molecular weight is 260 g/mol. The molecule has 0 N–H and O–H groups in total. The first-order valence-electron chi connectivity index (χ1n) is 2.62. The molecular weight excluding hydrogens is 247 g/mol. The van der Waals surface area contributed by atoms with Crippen LogP contribution >= 0.6 is 34.0 Å². The van der Waals surface area contributed by atoms with E-state index in [1.54, 1.807) is 0 Å². The Morgan fingerprint density at radius 1 is 1.12 bits per heavy atom. The van der Waals surface area contributed by atoms with E-state index in [4.69, 9.17) is 0 Å². The maximum atomic E-state index is 2.73. The second-order valence-electron chi connectivity index (χ2n) is 1.50. The van der Waals surface area contributed by atoms with E-state index >= 15 is 0 Å². The lowest BCUT2D eigenvalue weighted by Crippen LogP contribution is -1.69. The van der Waals surface area contributed by atoms with Gasteiger partial charge in [0.15, 0.2) is 0 Å². The maximum absolute atomic E-state index is 2.73. The molecule has 0 aromatic rings. The highest BCUT2D eigenvalue weighted by atomic mass is 79.9. The van der Waals surface area contributed by atoms with E-state index in [-0.39, 0.29) is 34.0 Å². The van der Waals surface area contributed by atoms with Crippen molar-refractivity contribution in [2.75, 3.05) is 0 Å². The third-order valence-corrected chi connectivity index (χ3v) is 1.22. The number of rotatable bonds is 3. The molecule has 0 aliphatic rings. The van der Waals surface area contributed by atoms with Crippen molar-refractivity contribution >= 4 is 50.3 Å². The highest BCUT2D eigenvalue weighted by Gasteiger charge is 1.75. The molecule has 0 aliphatic carbocycles. The second-order valence-corrected chi connectivity index (χ2v) is 2.07. The first-order chi connectivity index (χ1) is 2.91. The van der Waals surface area contributed by atoms with E-state index in [1.807, 2.05) is 0 Å². The summed E-state index contributed by atoms with van der Waals surface area (Å²) in [5.41, 5.74) is 0. The van der Waals surface area contributed by atoms with Gasteiger partial charge in [-0.1, -0.05) is 26.2 Å². The monoisotopic (exact) mass is 258 g/mol. The van der Waals surface area contributed by atoms with Gasteiger partial charge in [0, 0.05) is 0 Å². The zero-order valence-electron chi connectivity index (χ0n) is 5.22. The summed E-state index contributed by atoms with van der Waals surface area (Å²) in [5.74, 6) is 0. The van der Waals surface area contributed by atoms with Crippen LogP contribution < -0.4 is 0 Å². The molecule has 0 aromatic heterocycles. The van der Waals surface area contributed by atoms with E-state index in [0.717, 1.165) is 0 Å². The molecule has 0 aromatic carbocycles. The fourth-order valence-corrected chi connectivity index (χ4v) is 0.683. The number of halogens is 2. The van der Waals surface area contributed by atoms with Gasteiger partial charge in [0.05, 0.1) is 0 Å². The van der Waals surface area contributed by atoms with Crippen LogP contribution in [0.1, 0.15) is 26.2 Å². The van der Waals surface area contributed by atoms with Crippen molar-refractivity contribution in [2.24, 2.45) is 0 Å². The SMILES string of the molecule is Br.Br.CCCC[CH2][Al]. The van der Waals surface area contributed by atoms with Gasteiger partial charge in [0.2, 0.25) is 0 Å². The van der Waals surface area contributed by atoms with Crippen LogP contribution in [0.15, 0.2) is 0 Å². The van der Waals surface area contributed by atoms with Gasteiger partial charge >= 0.3 is 0 Å². The summed E-state index contributed by atoms with van der Waals surface area (Å²) >= 11 is 2.73. The molecule has 0 atom stereocenters. The Hall–Kier alpha value is 1.49. The Kier molecular flexibility index (Phi) is 32.1. The molecule has 0 nitrogen and oxygen atoms in total. The van der Waals surface area contributed by atoms with Crippen molar-refractivity contribution in [1.29, 1.82) is 0 Å². The van der Waals surface area contributed by atoms with Gasteiger partial charge in [-0.2, -0.15) is 0 Å². The van der Waals surface area contributed by atoms with Crippen LogP contribution in [0.25, 0.3) is 0 Å². The summed E-state index contributed by atoms with van der Waals surface area (Å²) in [6.45, 7) is 2.22. The molecule has 0 rings (SSSR count). The molecule has 0 heterocycles. The molecule has 0 spiro atoms. The Bertz CT molecular complexity index is 22.4. The molecule has 0 amide bonds. The first-order valence-corrected chi connectivity index (χ1v) is 3.43. The van der Waals surface area contributed by atoms with Crippen LogP contribution in [-0.4, -0.2) is 16.3 Å². The number of hydrogen-bond donors (Lipinski definition) is 0. The number of unbranched alkanes of at least 4 members (excludes halogenated alkanes) is 2. The summed E-state index contributed by atoms with van der Waals surface area (Å²) in [7, 11) is 0. The zero-order chi connectivity index (χ0) is 4.83. The fraction of sp³-hybridized carbons (Fsp3) is 1.00. The van der Waals surface area contributed by atoms with Gasteiger partial charge < -0.3 is 0 Å². The largest absolute Gasteiger partial charge is 0.118 e. The van der Waals surface area contributed by atoms with Crippen LogP contribution in [0.2, 0.25) is 5.28 Å². The standard InChI is InChI=1S/C5H11.Al.2BrH/c1-3-5-4-2;;;/h1,3-5H2,2H3;;2*1H. The number of hydrogen-bond acceptors (Lipinski definition) is 0. The molecule has 2 radical (unpaired) electrons. The summed E-state index contributed by atoms with van der Waals surface area (Å²) in [6.07, 6.45) is 4.11. The average Bonchev–Trinajstić information content (AvgIpc) is 1.61. The van der Waals surface area contributed by atoms with Crippen LogP contribution in [0, 0.1) is 0 Å². The molecule has 0 aliphatic heterocycles. The lowest BCUT2D eigenvalue weighted by molar-refractivity contribution is 0.771. The van der Waals surface area contributed by atoms with Gasteiger partial charge in [0.1, 0.15) is 16.3 Å². The third-order valence-electron chi connectivity index (χ3n) is 0.808. The maximum Gasteiger partial charge on any atom is 0.118 e. The Balaban J connectivity index is -0.000000125. The fourth-order valence-electron chi connectivity index (χ4n) is 0.394. The van der Waals surface area contributed by atoms with Crippen LogP contribution in [0.3, 0.4) is 0 Å². The molecule has 0 unspecified atom stereocenters. The molecule has 50 valence electrons. The van der Waals surface area contributed by atoms with E-state index in [2.05, 4.69) is 23.2 Å². The first kappa shape index (κ1) is 16.2. The summed E-state index contributed by atoms with van der Waals surface area (Å²) in [6, 6.07) is 0. The minimum atomic E-state index is 0. The van der Waals surface area contributed by atoms with Crippen molar-refractivity contribution in [3.8, 4) is 0 Å². The quantitative estimate of drug-likeness (QED) is 0.540. The zero-order valence-corrected chi connectivity index (χ0v) is 9.80. The highest BCUT2D eigenvalue weighted by Crippen LogP contribution is 1.94. The lowest BCUT2D eigenvalue weighted by atomic mass is 10.3. The second kappa shape index (κ2) is 15.8. The van der Waals surface area contributed by atoms with Crippen LogP contribution in [0.5, 0.6) is 0 Å². The van der Waals surface area contributed by atoms with Crippen molar-refractivity contribution in [2.45, 2.75) is 31.5 Å². The van der Waals surface area contributed by atoms with Crippen LogP contribution in [-0.2, 0) is 0 Å². The van der Waals surface area contributed by atoms with Crippen molar-refractivity contribution in [3.63, 3.8) is 0 Å². The normalized spacial score (nSPS) is 6.62. The van der Waals surface area contributed by atoms with Gasteiger partial charge in [-0.15, -0.1) is 39.2 Å². The predicted molar refractivity (Wildman–Crippen MR) is 50.7 cm³/mol. The van der Waals surface area contributed by atoms with Crippen LogP contribution in [0.4, 0.5) is 0 Å². The molecule has 8 heavy (non-hydrogen) atoms. The van der Waals surface area contributed by atoms with E-state index in [0.29, 0.717) is 0 Å². The van der Waals surface area contributed by atoms with Gasteiger partial charge in [0.25, 0.3) is 0 Å². The molecule has 0 bridgehead atoms. The van der Waals surface area contributed by atoms with Crippen molar-refractivity contribution in [3.05, 3.63) is 0 Å². The minimum Gasteiger partial charge on any atom is -0.118 e. The third kappa shape index (κ3) is 15.6. The predicted octanol–water partition coefficient (Wildman–Crippen LogP) is 2.92. The molecular formula is C5H13AlBr2. The van der Waals surface area contributed by atoms with Gasteiger partial charge in [-0.05, 0) is 0 Å². The smallest absolute Gasteiger partial charge is 0.118 e. The summed E-state index contributed by atoms with van der Waals surface area (Å²) < 4.78 is 0. The van der Waals surface area contributed by atoms with Gasteiger partial charge in [-0.3, -0.25) is 0 Å². The molecule has 0 saturated heterocycles. The molecule has 0 fully saturated rings. The van der Waals surface area contributed by atoms with E-state index < -0.39 is 0 Å². The summed E-state index contributed by atoms with van der Waals surface area (Å²) in [5, 5.41) is 1.27. The lowest BCUT2D eigenvalue weighted by Gasteiger charge is -1.86. The van der Waals surface area contributed by atoms with Gasteiger partial charge in [-0.25, -0.2) is 0 Å². The minimum absolute atomic E-state index is 0. The van der Waals surface area contributed by atoms with E-state index in [1.165, 1.54) is 24.5 Å². The van der Waals surface area contributed by atoms with E-state index in [9.17, 15) is 0 Å². The van der Waals surface area contributed by atoms with Crippen molar-refractivity contribution in [1.82, 2.24) is 0 Å². The topological polar surface area (TPSA) is 0 Å². The molecule has 0 saturated carbocycles. The Morgan fingerprint density at radius 3 is 1.75 bits per heavy atom. The highest BCUT2D eigenvalue weighted by molar-refractivity contribution is 8.93. The Morgan fingerprint density at radius 2 is 1.62 bits per heavy atom.